The summed E-state index contributed by atoms with van der Waals surface area (Å²) in [6, 6.07) is 8.60. The zero-order valence-electron chi connectivity index (χ0n) is 11.8. The van der Waals surface area contributed by atoms with Gasteiger partial charge in [0.2, 0.25) is 5.76 Å². The number of nitrogens with one attached hydrogen (secondary N) is 1. The summed E-state index contributed by atoms with van der Waals surface area (Å²) in [5.74, 6) is 0.454. The van der Waals surface area contributed by atoms with E-state index in [1.54, 1.807) is 19.1 Å². The van der Waals surface area contributed by atoms with Crippen molar-refractivity contribution in [2.75, 3.05) is 6.54 Å². The van der Waals surface area contributed by atoms with Gasteiger partial charge in [-0.25, -0.2) is 0 Å². The molecule has 0 saturated heterocycles. The monoisotopic (exact) mass is 318 g/mol. The molecule has 7 heteroatoms. The molecule has 3 aromatic heterocycles. The molecule has 6 nitrogen and oxygen atoms in total. The van der Waals surface area contributed by atoms with Crippen LogP contribution in [-0.2, 0) is 5.60 Å². The van der Waals surface area contributed by atoms with E-state index in [1.165, 1.54) is 23.7 Å². The van der Waals surface area contributed by atoms with Gasteiger partial charge in [0.05, 0.1) is 12.8 Å². The predicted molar refractivity (Wildman–Crippen MR) is 80.4 cm³/mol. The highest BCUT2D eigenvalue weighted by atomic mass is 32.1. The van der Waals surface area contributed by atoms with Crippen LogP contribution in [0, 0.1) is 0 Å². The van der Waals surface area contributed by atoms with E-state index in [1.807, 2.05) is 17.5 Å². The van der Waals surface area contributed by atoms with Crippen molar-refractivity contribution in [3.63, 3.8) is 0 Å². The molecule has 3 aromatic rings. The lowest BCUT2D eigenvalue weighted by Gasteiger charge is -2.21. The molecular weight excluding hydrogens is 304 g/mol. The Morgan fingerprint density at radius 2 is 2.27 bits per heavy atom. The van der Waals surface area contributed by atoms with Gasteiger partial charge >= 0.3 is 0 Å². The first kappa shape index (κ1) is 14.6. The van der Waals surface area contributed by atoms with Crippen molar-refractivity contribution in [2.24, 2.45) is 0 Å². The van der Waals surface area contributed by atoms with E-state index < -0.39 is 11.5 Å². The summed E-state index contributed by atoms with van der Waals surface area (Å²) in [5.41, 5.74) is -0.995. The maximum Gasteiger partial charge on any atom is 0.273 e. The summed E-state index contributed by atoms with van der Waals surface area (Å²) in [6.45, 7) is 1.73. The zero-order valence-corrected chi connectivity index (χ0v) is 12.6. The lowest BCUT2D eigenvalue weighted by Crippen LogP contribution is -2.38. The lowest BCUT2D eigenvalue weighted by molar-refractivity contribution is 0.0554. The second kappa shape index (κ2) is 5.78. The molecule has 114 valence electrons. The van der Waals surface area contributed by atoms with Gasteiger partial charge in [-0.15, -0.1) is 11.3 Å². The Bertz CT molecular complexity index is 744. The van der Waals surface area contributed by atoms with Crippen LogP contribution in [0.25, 0.3) is 11.5 Å². The Morgan fingerprint density at radius 3 is 2.95 bits per heavy atom. The third-order valence-corrected chi connectivity index (χ3v) is 4.27. The number of rotatable bonds is 5. The molecule has 22 heavy (non-hydrogen) atoms. The van der Waals surface area contributed by atoms with Gasteiger partial charge in [-0.05, 0) is 30.5 Å². The molecule has 0 aliphatic heterocycles. The van der Waals surface area contributed by atoms with Crippen LogP contribution in [-0.4, -0.2) is 22.7 Å². The standard InChI is InChI=1S/C15H14N2O4S/c1-15(19,13-5-3-7-22-13)9-16-14(18)10-8-12(21-17-10)11-4-2-6-20-11/h2-8,19H,9H2,1H3,(H,16,18)/t15-/m0/s1. The van der Waals surface area contributed by atoms with Crippen molar-refractivity contribution in [1.82, 2.24) is 10.5 Å². The van der Waals surface area contributed by atoms with Crippen LogP contribution >= 0.6 is 11.3 Å². The third kappa shape index (κ3) is 2.95. The molecule has 1 amide bonds. The highest BCUT2D eigenvalue weighted by Crippen LogP contribution is 2.25. The number of carbonyl (C=O) groups is 1. The second-order valence-electron chi connectivity index (χ2n) is 4.99. The van der Waals surface area contributed by atoms with Gasteiger partial charge in [-0.1, -0.05) is 11.2 Å². The minimum absolute atomic E-state index is 0.0787. The van der Waals surface area contributed by atoms with Crippen LogP contribution in [0.15, 0.2) is 50.9 Å². The average molecular weight is 318 g/mol. The lowest BCUT2D eigenvalue weighted by atomic mass is 10.1. The van der Waals surface area contributed by atoms with Gasteiger partial charge in [0, 0.05) is 10.9 Å². The fraction of sp³-hybridized carbons (Fsp3) is 0.200. The van der Waals surface area contributed by atoms with E-state index in [0.717, 1.165) is 4.88 Å². The Balaban J connectivity index is 1.65. The second-order valence-corrected chi connectivity index (χ2v) is 5.94. The van der Waals surface area contributed by atoms with E-state index in [0.29, 0.717) is 11.5 Å². The fourth-order valence-corrected chi connectivity index (χ4v) is 2.72. The van der Waals surface area contributed by atoms with Crippen LogP contribution in [0.1, 0.15) is 22.3 Å². The molecule has 3 rings (SSSR count). The maximum atomic E-state index is 12.1. The Hall–Kier alpha value is -2.38. The summed E-state index contributed by atoms with van der Waals surface area (Å²) in [5, 5.41) is 18.6. The average Bonchev–Trinajstić information content (AvgIpc) is 3.26. The normalized spacial score (nSPS) is 13.7. The van der Waals surface area contributed by atoms with E-state index in [2.05, 4.69) is 10.5 Å². The van der Waals surface area contributed by atoms with Crippen LogP contribution < -0.4 is 5.32 Å². The van der Waals surface area contributed by atoms with E-state index in [-0.39, 0.29) is 12.2 Å². The quantitative estimate of drug-likeness (QED) is 0.755. The van der Waals surface area contributed by atoms with Gasteiger partial charge in [0.25, 0.3) is 5.91 Å². The summed E-state index contributed by atoms with van der Waals surface area (Å²) < 4.78 is 10.2. The van der Waals surface area contributed by atoms with Crippen molar-refractivity contribution < 1.29 is 18.8 Å². The summed E-state index contributed by atoms with van der Waals surface area (Å²) in [4.78, 5) is 12.9. The zero-order chi connectivity index (χ0) is 15.6. The van der Waals surface area contributed by atoms with Gasteiger partial charge in [-0.3, -0.25) is 4.79 Å². The highest BCUT2D eigenvalue weighted by Gasteiger charge is 2.26. The van der Waals surface area contributed by atoms with Crippen LogP contribution in [0.3, 0.4) is 0 Å². The highest BCUT2D eigenvalue weighted by molar-refractivity contribution is 7.10. The molecule has 0 aliphatic carbocycles. The van der Waals surface area contributed by atoms with Gasteiger partial charge in [-0.2, -0.15) is 0 Å². The summed E-state index contributed by atoms with van der Waals surface area (Å²) >= 11 is 1.43. The molecule has 0 fully saturated rings. The molecule has 0 radical (unpaired) electrons. The molecule has 0 aliphatic rings. The van der Waals surface area contributed by atoms with Gasteiger partial charge < -0.3 is 19.4 Å². The summed E-state index contributed by atoms with van der Waals surface area (Å²) in [6.07, 6.45) is 1.51. The SMILES string of the molecule is C[C@](O)(CNC(=O)c1cc(-c2ccco2)on1)c1cccs1. The first-order chi connectivity index (χ1) is 10.6. The number of aromatic nitrogens is 1. The number of furan rings is 1. The van der Waals surface area contributed by atoms with E-state index in [4.69, 9.17) is 8.94 Å². The predicted octanol–water partition coefficient (Wildman–Crippen LogP) is 2.63. The molecule has 2 N–H and O–H groups in total. The first-order valence-corrected chi connectivity index (χ1v) is 7.49. The topological polar surface area (TPSA) is 88.5 Å². The van der Waals surface area contributed by atoms with Crippen molar-refractivity contribution in [3.05, 3.63) is 52.5 Å². The number of carbonyl (C=O) groups excluding carboxylic acids is 1. The fourth-order valence-electron chi connectivity index (χ4n) is 1.93. The van der Waals surface area contributed by atoms with Crippen molar-refractivity contribution in [2.45, 2.75) is 12.5 Å². The minimum Gasteiger partial charge on any atom is -0.461 e. The molecule has 0 bridgehead atoms. The van der Waals surface area contributed by atoms with Crippen molar-refractivity contribution in [1.29, 1.82) is 0 Å². The maximum absolute atomic E-state index is 12.1. The van der Waals surface area contributed by atoms with Crippen LogP contribution in [0.5, 0.6) is 0 Å². The smallest absolute Gasteiger partial charge is 0.273 e. The summed E-state index contributed by atoms with van der Waals surface area (Å²) in [7, 11) is 0. The molecule has 0 unspecified atom stereocenters. The van der Waals surface area contributed by atoms with E-state index in [9.17, 15) is 9.90 Å². The number of nitrogens with zero attached hydrogens (tertiary/aromatic N) is 1. The van der Waals surface area contributed by atoms with Crippen LogP contribution in [0.4, 0.5) is 0 Å². The van der Waals surface area contributed by atoms with Crippen LogP contribution in [0.2, 0.25) is 0 Å². The number of thiophene rings is 1. The Kier molecular flexibility index (Phi) is 3.82. The number of amides is 1. The van der Waals surface area contributed by atoms with Gasteiger partial charge in [0.1, 0.15) is 5.60 Å². The molecule has 0 aromatic carbocycles. The number of hydrogen-bond acceptors (Lipinski definition) is 6. The Labute approximate surface area is 130 Å². The number of aliphatic hydroxyl groups is 1. The Morgan fingerprint density at radius 1 is 1.41 bits per heavy atom. The molecule has 0 spiro atoms. The van der Waals surface area contributed by atoms with Gasteiger partial charge in [0.15, 0.2) is 11.5 Å². The van der Waals surface area contributed by atoms with Crippen molar-refractivity contribution >= 4 is 17.2 Å². The first-order valence-electron chi connectivity index (χ1n) is 6.61. The van der Waals surface area contributed by atoms with E-state index >= 15 is 0 Å². The number of hydrogen-bond donors (Lipinski definition) is 2. The third-order valence-electron chi connectivity index (χ3n) is 3.15. The molecule has 3 heterocycles. The van der Waals surface area contributed by atoms with Crippen molar-refractivity contribution in [3.8, 4) is 11.5 Å². The molecular formula is C15H14N2O4S. The largest absolute Gasteiger partial charge is 0.461 e. The molecule has 1 atom stereocenters. The minimum atomic E-state index is -1.13. The molecule has 0 saturated carbocycles.